The topological polar surface area (TPSA) is 97.3 Å². The lowest BCUT2D eigenvalue weighted by atomic mass is 10.3. The van der Waals surface area contributed by atoms with Gasteiger partial charge < -0.3 is 19.0 Å². The average molecular weight is 315 g/mol. The molecule has 0 saturated heterocycles. The normalized spacial score (nSPS) is 11.1. The number of aryl methyl sites for hydroxylation is 1. The minimum Gasteiger partial charge on any atom is -0.480 e. The molecule has 3 heterocycles. The zero-order valence-corrected chi connectivity index (χ0v) is 13.1. The largest absolute Gasteiger partial charge is 0.480 e. The van der Waals surface area contributed by atoms with Crippen molar-refractivity contribution in [3.8, 4) is 11.5 Å². The summed E-state index contributed by atoms with van der Waals surface area (Å²) in [5, 5.41) is 9.18. The van der Waals surface area contributed by atoms with Crippen molar-refractivity contribution in [2.45, 2.75) is 19.9 Å². The van der Waals surface area contributed by atoms with Crippen LogP contribution >= 0.6 is 0 Å². The number of hydrogen-bond acceptors (Lipinski definition) is 6. The zero-order chi connectivity index (χ0) is 16.6. The minimum absolute atomic E-state index is 0.193. The molecular formula is C15H17N5O3. The molecule has 0 fully saturated rings. The molecule has 0 saturated carbocycles. The van der Waals surface area contributed by atoms with Crippen molar-refractivity contribution in [2.24, 2.45) is 0 Å². The summed E-state index contributed by atoms with van der Waals surface area (Å²) in [6.45, 7) is 1.73. The summed E-state index contributed by atoms with van der Waals surface area (Å²) in [6.07, 6.45) is 2.16. The smallest absolute Gasteiger partial charge is 0.323 e. The maximum Gasteiger partial charge on any atom is 0.323 e. The molecule has 3 aromatic rings. The first kappa shape index (κ1) is 15.0. The van der Waals surface area contributed by atoms with E-state index in [1.807, 2.05) is 21.0 Å². The molecular weight excluding hydrogens is 298 g/mol. The van der Waals surface area contributed by atoms with Gasteiger partial charge in [-0.1, -0.05) is 6.92 Å². The molecule has 0 aromatic carbocycles. The molecule has 0 bridgehead atoms. The standard InChI is InChI=1S/C15H17N5O3/c1-4-10-16-13-12(9-6-5-7-23-9)17-15(19(2)3)18-14(13)20(10)8-11(21)22/h5-7H,4,8H2,1-3H3,(H,21,22). The van der Waals surface area contributed by atoms with E-state index in [-0.39, 0.29) is 6.54 Å². The third-order valence-electron chi connectivity index (χ3n) is 3.43. The number of imidazole rings is 1. The number of carboxylic acids is 1. The van der Waals surface area contributed by atoms with E-state index in [0.29, 0.717) is 40.8 Å². The van der Waals surface area contributed by atoms with Crippen LogP contribution in [0.1, 0.15) is 12.7 Å². The summed E-state index contributed by atoms with van der Waals surface area (Å²) in [5.74, 6) is 0.755. The Balaban J connectivity index is 2.34. The van der Waals surface area contributed by atoms with E-state index in [9.17, 15) is 9.90 Å². The summed E-state index contributed by atoms with van der Waals surface area (Å²) in [4.78, 5) is 26.5. The number of hydrogen-bond donors (Lipinski definition) is 1. The first-order valence-electron chi connectivity index (χ1n) is 7.21. The van der Waals surface area contributed by atoms with Crippen molar-refractivity contribution in [1.82, 2.24) is 19.5 Å². The highest BCUT2D eigenvalue weighted by Crippen LogP contribution is 2.28. The second kappa shape index (κ2) is 5.71. The number of carbonyl (C=O) groups is 1. The number of anilines is 1. The molecule has 0 aliphatic carbocycles. The van der Waals surface area contributed by atoms with Crippen LogP contribution in [0.25, 0.3) is 22.6 Å². The van der Waals surface area contributed by atoms with Crippen LogP contribution in [0.5, 0.6) is 0 Å². The van der Waals surface area contributed by atoms with Gasteiger partial charge in [0.2, 0.25) is 5.95 Å². The predicted molar refractivity (Wildman–Crippen MR) is 84.4 cm³/mol. The summed E-state index contributed by atoms with van der Waals surface area (Å²) in [7, 11) is 3.65. The summed E-state index contributed by atoms with van der Waals surface area (Å²) >= 11 is 0. The molecule has 3 aromatic heterocycles. The maximum absolute atomic E-state index is 11.2. The molecule has 0 aliphatic heterocycles. The lowest BCUT2D eigenvalue weighted by molar-refractivity contribution is -0.137. The van der Waals surface area contributed by atoms with Crippen LogP contribution in [0.3, 0.4) is 0 Å². The van der Waals surface area contributed by atoms with Gasteiger partial charge in [0.05, 0.1) is 6.26 Å². The zero-order valence-electron chi connectivity index (χ0n) is 13.1. The van der Waals surface area contributed by atoms with Crippen molar-refractivity contribution in [2.75, 3.05) is 19.0 Å². The van der Waals surface area contributed by atoms with Gasteiger partial charge in [-0.15, -0.1) is 0 Å². The number of aromatic nitrogens is 4. The van der Waals surface area contributed by atoms with Crippen LogP contribution in [-0.2, 0) is 17.8 Å². The number of rotatable bonds is 5. The first-order chi connectivity index (χ1) is 11.0. The van der Waals surface area contributed by atoms with Gasteiger partial charge >= 0.3 is 5.97 Å². The monoisotopic (exact) mass is 315 g/mol. The number of nitrogens with zero attached hydrogens (tertiary/aromatic N) is 5. The lowest BCUT2D eigenvalue weighted by Crippen LogP contribution is -2.15. The second-order valence-corrected chi connectivity index (χ2v) is 5.28. The van der Waals surface area contributed by atoms with Gasteiger partial charge in [0.1, 0.15) is 23.6 Å². The van der Waals surface area contributed by atoms with Crippen molar-refractivity contribution < 1.29 is 14.3 Å². The van der Waals surface area contributed by atoms with Crippen molar-refractivity contribution in [3.05, 3.63) is 24.2 Å². The Morgan fingerprint density at radius 1 is 1.35 bits per heavy atom. The third kappa shape index (κ3) is 2.63. The van der Waals surface area contributed by atoms with Gasteiger partial charge in [0.15, 0.2) is 11.4 Å². The lowest BCUT2D eigenvalue weighted by Gasteiger charge is -2.12. The molecule has 1 N–H and O–H groups in total. The van der Waals surface area contributed by atoms with Crippen LogP contribution < -0.4 is 4.90 Å². The van der Waals surface area contributed by atoms with E-state index in [0.717, 1.165) is 0 Å². The molecule has 3 rings (SSSR count). The fourth-order valence-electron chi connectivity index (χ4n) is 2.39. The third-order valence-corrected chi connectivity index (χ3v) is 3.43. The number of aliphatic carboxylic acids is 1. The van der Waals surface area contributed by atoms with E-state index in [4.69, 9.17) is 4.42 Å². The molecule has 0 amide bonds. The highest BCUT2D eigenvalue weighted by Gasteiger charge is 2.21. The van der Waals surface area contributed by atoms with Gasteiger partial charge in [-0.3, -0.25) is 4.79 Å². The summed E-state index contributed by atoms with van der Waals surface area (Å²) in [5.41, 5.74) is 1.60. The fraction of sp³-hybridized carbons (Fsp3) is 0.333. The van der Waals surface area contributed by atoms with Gasteiger partial charge in [-0.2, -0.15) is 4.98 Å². The Morgan fingerprint density at radius 3 is 2.70 bits per heavy atom. The van der Waals surface area contributed by atoms with Gasteiger partial charge in [0.25, 0.3) is 0 Å². The van der Waals surface area contributed by atoms with E-state index in [2.05, 4.69) is 15.0 Å². The number of fused-ring (bicyclic) bond motifs is 1. The predicted octanol–water partition coefficient (Wildman–Crippen LogP) is 1.80. The highest BCUT2D eigenvalue weighted by atomic mass is 16.4. The summed E-state index contributed by atoms with van der Waals surface area (Å²) < 4.78 is 7.06. The number of carboxylic acid groups (broad SMARTS) is 1. The quantitative estimate of drug-likeness (QED) is 0.766. The van der Waals surface area contributed by atoms with E-state index < -0.39 is 5.97 Å². The Hall–Kier alpha value is -2.90. The van der Waals surface area contributed by atoms with Crippen LogP contribution in [0.15, 0.2) is 22.8 Å². The van der Waals surface area contributed by atoms with E-state index in [1.165, 1.54) is 0 Å². The van der Waals surface area contributed by atoms with Crippen molar-refractivity contribution in [3.63, 3.8) is 0 Å². The van der Waals surface area contributed by atoms with Gasteiger partial charge in [-0.25, -0.2) is 9.97 Å². The molecule has 8 heteroatoms. The van der Waals surface area contributed by atoms with Crippen LogP contribution in [0.2, 0.25) is 0 Å². The Bertz CT molecular complexity index is 852. The van der Waals surface area contributed by atoms with Gasteiger partial charge in [-0.05, 0) is 12.1 Å². The fourth-order valence-corrected chi connectivity index (χ4v) is 2.39. The first-order valence-corrected chi connectivity index (χ1v) is 7.21. The van der Waals surface area contributed by atoms with Crippen LogP contribution in [0.4, 0.5) is 5.95 Å². The minimum atomic E-state index is -0.941. The molecule has 23 heavy (non-hydrogen) atoms. The van der Waals surface area contributed by atoms with Crippen LogP contribution in [-0.4, -0.2) is 44.7 Å². The SMILES string of the molecule is CCc1nc2c(-c3ccco3)nc(N(C)C)nc2n1CC(=O)O. The molecule has 0 aliphatic rings. The Morgan fingerprint density at radius 2 is 2.13 bits per heavy atom. The Labute approximate surface area is 132 Å². The molecule has 0 radical (unpaired) electrons. The van der Waals surface area contributed by atoms with Crippen molar-refractivity contribution in [1.29, 1.82) is 0 Å². The van der Waals surface area contributed by atoms with Crippen LogP contribution in [0, 0.1) is 0 Å². The maximum atomic E-state index is 11.2. The molecule has 0 unspecified atom stereocenters. The van der Waals surface area contributed by atoms with Gasteiger partial charge in [0, 0.05) is 20.5 Å². The number of furan rings is 1. The summed E-state index contributed by atoms with van der Waals surface area (Å²) in [6, 6.07) is 3.57. The van der Waals surface area contributed by atoms with E-state index in [1.54, 1.807) is 27.9 Å². The van der Waals surface area contributed by atoms with Crippen molar-refractivity contribution >= 4 is 23.1 Å². The molecule has 120 valence electrons. The molecule has 8 nitrogen and oxygen atoms in total. The second-order valence-electron chi connectivity index (χ2n) is 5.28. The van der Waals surface area contributed by atoms with E-state index >= 15 is 0 Å². The Kier molecular flexibility index (Phi) is 3.73. The molecule has 0 spiro atoms. The highest BCUT2D eigenvalue weighted by molar-refractivity contribution is 5.88. The molecule has 0 atom stereocenters. The average Bonchev–Trinajstić information content (AvgIpc) is 3.14.